The fraction of sp³-hybridized carbons (Fsp3) is 0.600. The molecule has 1 aromatic rings. The van der Waals surface area contributed by atoms with Crippen LogP contribution in [0.1, 0.15) is 24.8 Å². The molecule has 1 aliphatic rings. The van der Waals surface area contributed by atoms with Crippen molar-refractivity contribution in [2.24, 2.45) is 0 Å². The minimum absolute atomic E-state index is 0.204. The maximum atomic E-state index is 11.4. The van der Waals surface area contributed by atoms with Gasteiger partial charge in [-0.3, -0.25) is 9.69 Å². The summed E-state index contributed by atoms with van der Waals surface area (Å²) in [5, 5.41) is 0.507. The summed E-state index contributed by atoms with van der Waals surface area (Å²) in [6.45, 7) is 2.90. The second kappa shape index (κ2) is 8.32. The molecular weight excluding hydrogens is 292 g/mol. The Morgan fingerprint density at radius 1 is 1.62 bits per heavy atom. The number of rotatable bonds is 7. The van der Waals surface area contributed by atoms with Crippen LogP contribution in [0.25, 0.3) is 0 Å². The quantitative estimate of drug-likeness (QED) is 0.571. The molecule has 0 N–H and O–H groups in total. The van der Waals surface area contributed by atoms with Crippen LogP contribution < -0.4 is 0 Å². The van der Waals surface area contributed by atoms with Crippen LogP contribution in [0.3, 0.4) is 0 Å². The third-order valence-electron chi connectivity index (χ3n) is 3.58. The molecule has 0 saturated carbocycles. The molecule has 0 spiro atoms. The smallest absolute Gasteiger partial charge is 0.306 e. The fourth-order valence-corrected chi connectivity index (χ4v) is 2.62. The van der Waals surface area contributed by atoms with Gasteiger partial charge in [-0.15, -0.1) is 0 Å². The van der Waals surface area contributed by atoms with Crippen molar-refractivity contribution < 1.29 is 14.3 Å². The first kappa shape index (κ1) is 16.2. The van der Waals surface area contributed by atoms with Crippen LogP contribution in [0.5, 0.6) is 0 Å². The molecule has 0 bridgehead atoms. The van der Waals surface area contributed by atoms with Gasteiger partial charge in [-0.2, -0.15) is 0 Å². The zero-order valence-electron chi connectivity index (χ0n) is 12.3. The van der Waals surface area contributed by atoms with Crippen molar-refractivity contribution in [3.05, 3.63) is 29.0 Å². The summed E-state index contributed by atoms with van der Waals surface area (Å²) >= 11 is 6.11. The fourth-order valence-electron chi connectivity index (χ4n) is 2.44. The number of methoxy groups -OCH3 is 1. The predicted molar refractivity (Wildman–Crippen MR) is 80.1 cm³/mol. The van der Waals surface area contributed by atoms with Gasteiger partial charge >= 0.3 is 5.97 Å². The SMILES string of the molecule is COC(=O)CCN(Cc1cccnc1Cl)CC1CCCO1. The van der Waals surface area contributed by atoms with Gasteiger partial charge < -0.3 is 9.47 Å². The van der Waals surface area contributed by atoms with Gasteiger partial charge in [0, 0.05) is 38.0 Å². The lowest BCUT2D eigenvalue weighted by Gasteiger charge is -2.25. The molecular formula is C15H21ClN2O3. The van der Waals surface area contributed by atoms with E-state index in [9.17, 15) is 4.79 Å². The van der Waals surface area contributed by atoms with E-state index in [-0.39, 0.29) is 12.1 Å². The van der Waals surface area contributed by atoms with Gasteiger partial charge in [-0.05, 0) is 18.9 Å². The van der Waals surface area contributed by atoms with Gasteiger partial charge in [0.25, 0.3) is 0 Å². The lowest BCUT2D eigenvalue weighted by molar-refractivity contribution is -0.141. The molecule has 21 heavy (non-hydrogen) atoms. The lowest BCUT2D eigenvalue weighted by Crippen LogP contribution is -2.33. The molecule has 0 radical (unpaired) electrons. The predicted octanol–water partition coefficient (Wildman–Crippen LogP) is 2.28. The van der Waals surface area contributed by atoms with Crippen molar-refractivity contribution >= 4 is 17.6 Å². The standard InChI is InChI=1S/C15H21ClN2O3/c1-20-14(19)6-8-18(11-13-5-3-9-21-13)10-12-4-2-7-17-15(12)16/h2,4,7,13H,3,5-6,8-11H2,1H3. The minimum Gasteiger partial charge on any atom is -0.469 e. The topological polar surface area (TPSA) is 51.7 Å². The number of ether oxygens (including phenoxy) is 2. The molecule has 6 heteroatoms. The molecule has 1 saturated heterocycles. The minimum atomic E-state index is -0.204. The molecule has 1 aromatic heterocycles. The number of nitrogens with zero attached hydrogens (tertiary/aromatic N) is 2. The van der Waals surface area contributed by atoms with Crippen molar-refractivity contribution in [2.45, 2.75) is 31.9 Å². The van der Waals surface area contributed by atoms with E-state index in [1.54, 1.807) is 6.20 Å². The lowest BCUT2D eigenvalue weighted by atomic mass is 10.2. The Morgan fingerprint density at radius 3 is 3.14 bits per heavy atom. The summed E-state index contributed by atoms with van der Waals surface area (Å²) in [5.74, 6) is -0.204. The van der Waals surface area contributed by atoms with Gasteiger partial charge in [0.05, 0.1) is 19.6 Å². The molecule has 0 amide bonds. The highest BCUT2D eigenvalue weighted by atomic mass is 35.5. The van der Waals surface area contributed by atoms with Gasteiger partial charge in [-0.1, -0.05) is 17.7 Å². The number of hydrogen-bond acceptors (Lipinski definition) is 5. The van der Waals surface area contributed by atoms with E-state index in [0.29, 0.717) is 24.7 Å². The Balaban J connectivity index is 1.96. The summed E-state index contributed by atoms with van der Waals surface area (Å²) in [7, 11) is 1.41. The summed E-state index contributed by atoms with van der Waals surface area (Å²) in [6, 6.07) is 3.82. The molecule has 1 unspecified atom stereocenters. The molecule has 1 atom stereocenters. The summed E-state index contributed by atoms with van der Waals surface area (Å²) < 4.78 is 10.4. The number of hydrogen-bond donors (Lipinski definition) is 0. The van der Waals surface area contributed by atoms with Crippen LogP contribution in [0.15, 0.2) is 18.3 Å². The Bertz CT molecular complexity index is 464. The Hall–Kier alpha value is -1.17. The van der Waals surface area contributed by atoms with Crippen LogP contribution in [0.2, 0.25) is 5.15 Å². The number of esters is 1. The molecule has 0 aliphatic carbocycles. The van der Waals surface area contributed by atoms with Crippen LogP contribution in [0.4, 0.5) is 0 Å². The number of carbonyl (C=O) groups excluding carboxylic acids is 1. The monoisotopic (exact) mass is 312 g/mol. The molecule has 116 valence electrons. The van der Waals surface area contributed by atoms with E-state index in [0.717, 1.165) is 31.6 Å². The Kier molecular flexibility index (Phi) is 6.42. The normalized spacial score (nSPS) is 18.1. The number of carbonyl (C=O) groups is 1. The van der Waals surface area contributed by atoms with Gasteiger partial charge in [0.2, 0.25) is 0 Å². The van der Waals surface area contributed by atoms with Crippen LogP contribution >= 0.6 is 11.6 Å². The zero-order chi connectivity index (χ0) is 15.1. The highest BCUT2D eigenvalue weighted by molar-refractivity contribution is 6.30. The van der Waals surface area contributed by atoms with Crippen molar-refractivity contribution in [3.63, 3.8) is 0 Å². The Labute approximate surface area is 130 Å². The van der Waals surface area contributed by atoms with Crippen molar-refractivity contribution in [2.75, 3.05) is 26.8 Å². The van der Waals surface area contributed by atoms with E-state index in [1.165, 1.54) is 7.11 Å². The van der Waals surface area contributed by atoms with E-state index < -0.39 is 0 Å². The maximum Gasteiger partial charge on any atom is 0.306 e. The third-order valence-corrected chi connectivity index (χ3v) is 3.92. The highest BCUT2D eigenvalue weighted by Crippen LogP contribution is 2.18. The maximum absolute atomic E-state index is 11.4. The molecule has 1 aliphatic heterocycles. The van der Waals surface area contributed by atoms with Crippen LogP contribution in [-0.2, 0) is 20.8 Å². The average Bonchev–Trinajstić information content (AvgIpc) is 2.99. The van der Waals surface area contributed by atoms with Crippen LogP contribution in [0, 0.1) is 0 Å². The summed E-state index contributed by atoms with van der Waals surface area (Å²) in [4.78, 5) is 17.6. The number of halogens is 1. The first-order valence-corrected chi connectivity index (χ1v) is 7.57. The highest BCUT2D eigenvalue weighted by Gasteiger charge is 2.20. The second-order valence-electron chi connectivity index (χ2n) is 5.15. The molecule has 2 rings (SSSR count). The van der Waals surface area contributed by atoms with Gasteiger partial charge in [0.15, 0.2) is 0 Å². The molecule has 1 fully saturated rings. The molecule has 5 nitrogen and oxygen atoms in total. The largest absolute Gasteiger partial charge is 0.469 e. The summed E-state index contributed by atoms with van der Waals surface area (Å²) in [6.07, 6.45) is 4.43. The van der Waals surface area contributed by atoms with E-state index >= 15 is 0 Å². The first-order chi connectivity index (χ1) is 10.2. The average molecular weight is 313 g/mol. The number of pyridine rings is 1. The Morgan fingerprint density at radius 2 is 2.48 bits per heavy atom. The van der Waals surface area contributed by atoms with E-state index in [4.69, 9.17) is 21.1 Å². The third kappa shape index (κ3) is 5.26. The van der Waals surface area contributed by atoms with Crippen molar-refractivity contribution in [1.29, 1.82) is 0 Å². The van der Waals surface area contributed by atoms with Gasteiger partial charge in [0.1, 0.15) is 5.15 Å². The van der Waals surface area contributed by atoms with Crippen LogP contribution in [-0.4, -0.2) is 48.8 Å². The first-order valence-electron chi connectivity index (χ1n) is 7.19. The molecule has 2 heterocycles. The molecule has 0 aromatic carbocycles. The number of aromatic nitrogens is 1. The zero-order valence-corrected chi connectivity index (χ0v) is 13.0. The van der Waals surface area contributed by atoms with Gasteiger partial charge in [-0.25, -0.2) is 4.98 Å². The van der Waals surface area contributed by atoms with Crippen molar-refractivity contribution in [3.8, 4) is 0 Å². The second-order valence-corrected chi connectivity index (χ2v) is 5.51. The summed E-state index contributed by atoms with van der Waals surface area (Å²) in [5.41, 5.74) is 0.960. The van der Waals surface area contributed by atoms with E-state index in [2.05, 4.69) is 9.88 Å². The van der Waals surface area contributed by atoms with E-state index in [1.807, 2.05) is 12.1 Å². The van der Waals surface area contributed by atoms with Crippen molar-refractivity contribution in [1.82, 2.24) is 9.88 Å².